The summed E-state index contributed by atoms with van der Waals surface area (Å²) >= 11 is 1.58. The number of allylic oxidation sites excluding steroid dienone is 8. The molecule has 2 atom stereocenters. The molecular formula is C16H21Cl2Zr. The van der Waals surface area contributed by atoms with E-state index in [1.54, 1.807) is 50.3 Å². The van der Waals surface area contributed by atoms with E-state index in [-0.39, 0.29) is 24.8 Å². The van der Waals surface area contributed by atoms with Crippen molar-refractivity contribution < 1.29 is 49.5 Å². The van der Waals surface area contributed by atoms with Gasteiger partial charge in [0.05, 0.1) is 0 Å². The summed E-state index contributed by atoms with van der Waals surface area (Å²) in [4.78, 5) is 0. The van der Waals surface area contributed by atoms with Gasteiger partial charge in [-0.3, -0.25) is 0 Å². The van der Waals surface area contributed by atoms with Gasteiger partial charge in [-0.2, -0.15) is 0 Å². The summed E-state index contributed by atoms with van der Waals surface area (Å²) in [7, 11) is 0. The predicted octanol–water partition coefficient (Wildman–Crippen LogP) is -1.31. The molecule has 103 valence electrons. The second-order valence-electron chi connectivity index (χ2n) is 5.50. The van der Waals surface area contributed by atoms with E-state index in [9.17, 15) is 0 Å². The van der Waals surface area contributed by atoms with E-state index in [1.807, 2.05) is 0 Å². The Balaban J connectivity index is 0.00000162. The van der Waals surface area contributed by atoms with Crippen molar-refractivity contribution in [3.05, 3.63) is 42.8 Å². The van der Waals surface area contributed by atoms with Gasteiger partial charge < -0.3 is 24.8 Å². The van der Waals surface area contributed by atoms with Crippen LogP contribution in [0.1, 0.15) is 41.5 Å². The van der Waals surface area contributed by atoms with E-state index >= 15 is 0 Å². The van der Waals surface area contributed by atoms with Crippen molar-refractivity contribution in [3.63, 3.8) is 0 Å². The summed E-state index contributed by atoms with van der Waals surface area (Å²) in [5.74, 6) is 1.25. The maximum atomic E-state index is 2.41. The fraction of sp³-hybridized carbons (Fsp3) is 0.500. The Kier molecular flexibility index (Phi) is 7.08. The van der Waals surface area contributed by atoms with Gasteiger partial charge >= 0.3 is 121 Å². The van der Waals surface area contributed by atoms with Gasteiger partial charge in [-0.1, -0.05) is 0 Å². The monoisotopic (exact) mass is 373 g/mol. The first kappa shape index (κ1) is 19.4. The maximum absolute atomic E-state index is 2.41. The van der Waals surface area contributed by atoms with E-state index in [0.29, 0.717) is 11.8 Å². The van der Waals surface area contributed by atoms with Gasteiger partial charge in [0.1, 0.15) is 0 Å². The molecule has 0 heterocycles. The minimum absolute atomic E-state index is 0. The summed E-state index contributed by atoms with van der Waals surface area (Å²) in [6.07, 6.45) is 2.41. The SMILES string of the molecule is CC1=CC(C)C(C2=C(C)C(C)[C]([Zr+2])=C2C)=C1C.[Cl-].[Cl-]. The van der Waals surface area contributed by atoms with Gasteiger partial charge in [0, 0.05) is 0 Å². The zero-order valence-electron chi connectivity index (χ0n) is 12.5. The third-order valence-electron chi connectivity index (χ3n) is 4.48. The minimum atomic E-state index is 0. The first-order valence-electron chi connectivity index (χ1n) is 6.39. The number of hydrogen-bond donors (Lipinski definition) is 0. The summed E-state index contributed by atoms with van der Waals surface area (Å²) in [6.45, 7) is 13.8. The molecular weight excluding hydrogens is 354 g/mol. The molecule has 0 aromatic rings. The van der Waals surface area contributed by atoms with E-state index in [4.69, 9.17) is 0 Å². The van der Waals surface area contributed by atoms with Crippen LogP contribution in [-0.4, -0.2) is 0 Å². The van der Waals surface area contributed by atoms with Gasteiger partial charge in [0.15, 0.2) is 0 Å². The molecule has 19 heavy (non-hydrogen) atoms. The number of halogens is 2. The molecule has 0 radical (unpaired) electrons. The first-order valence-corrected chi connectivity index (χ1v) is 7.62. The summed E-state index contributed by atoms with van der Waals surface area (Å²) in [5, 5.41) is 0. The third-order valence-corrected chi connectivity index (χ3v) is 6.46. The molecule has 0 N–H and O–H groups in total. The molecule has 0 aromatic heterocycles. The predicted molar refractivity (Wildman–Crippen MR) is 70.2 cm³/mol. The topological polar surface area (TPSA) is 0 Å². The zero-order chi connectivity index (χ0) is 12.9. The minimum Gasteiger partial charge on any atom is -1.00 e. The second kappa shape index (κ2) is 6.92. The molecule has 0 aliphatic heterocycles. The number of hydrogen-bond acceptors (Lipinski definition) is 0. The zero-order valence-corrected chi connectivity index (χ0v) is 16.5. The van der Waals surface area contributed by atoms with Crippen molar-refractivity contribution >= 4 is 0 Å². The van der Waals surface area contributed by atoms with Crippen molar-refractivity contribution in [3.8, 4) is 0 Å². The van der Waals surface area contributed by atoms with Crippen LogP contribution in [0.2, 0.25) is 0 Å². The molecule has 0 bridgehead atoms. The first-order chi connectivity index (χ1) is 7.86. The molecule has 0 saturated carbocycles. The largest absolute Gasteiger partial charge is 1.00 e. The fourth-order valence-corrected chi connectivity index (χ4v) is 3.99. The van der Waals surface area contributed by atoms with Gasteiger partial charge in [-0.25, -0.2) is 0 Å². The molecule has 0 spiro atoms. The van der Waals surface area contributed by atoms with E-state index in [0.717, 1.165) is 0 Å². The van der Waals surface area contributed by atoms with E-state index < -0.39 is 0 Å². The fourth-order valence-electron chi connectivity index (χ4n) is 3.16. The van der Waals surface area contributed by atoms with Crippen LogP contribution in [0.4, 0.5) is 0 Å². The van der Waals surface area contributed by atoms with E-state index in [2.05, 4.69) is 47.6 Å². The molecule has 0 aromatic carbocycles. The standard InChI is InChI=1S/C16H21.2ClH.Zr/c1-9-7-11(3)15(13(9)5)16-12(4)8-10(2)14(16)6;;;/h7,10-11H,1-6H3;2*1H;/q;;;+2/p-2. The van der Waals surface area contributed by atoms with Gasteiger partial charge in [-0.05, 0) is 0 Å². The Labute approximate surface area is 145 Å². The quantitative estimate of drug-likeness (QED) is 0.534. The Bertz CT molecular complexity index is 507. The molecule has 2 unspecified atom stereocenters. The Morgan fingerprint density at radius 3 is 1.79 bits per heavy atom. The van der Waals surface area contributed by atoms with Crippen LogP contribution in [0, 0.1) is 11.8 Å². The van der Waals surface area contributed by atoms with Gasteiger partial charge in [0.25, 0.3) is 0 Å². The van der Waals surface area contributed by atoms with Crippen LogP contribution < -0.4 is 24.8 Å². The Morgan fingerprint density at radius 2 is 1.47 bits per heavy atom. The molecule has 0 amide bonds. The van der Waals surface area contributed by atoms with Crippen molar-refractivity contribution in [1.82, 2.24) is 0 Å². The molecule has 2 aliphatic carbocycles. The summed E-state index contributed by atoms with van der Waals surface area (Å²) in [5.41, 5.74) is 9.26. The molecule has 2 aliphatic rings. The molecule has 3 heteroatoms. The average Bonchev–Trinajstić information content (AvgIpc) is 2.61. The van der Waals surface area contributed by atoms with Crippen LogP contribution in [0.25, 0.3) is 0 Å². The summed E-state index contributed by atoms with van der Waals surface area (Å²) in [6, 6.07) is 0. The van der Waals surface area contributed by atoms with Gasteiger partial charge in [0.2, 0.25) is 0 Å². The number of rotatable bonds is 1. The average molecular weight is 375 g/mol. The summed E-state index contributed by atoms with van der Waals surface area (Å²) < 4.78 is 1.64. The van der Waals surface area contributed by atoms with Gasteiger partial charge in [-0.15, -0.1) is 0 Å². The molecule has 2 rings (SSSR count). The molecule has 0 fully saturated rings. The van der Waals surface area contributed by atoms with Crippen LogP contribution in [-0.2, 0) is 24.7 Å². The van der Waals surface area contributed by atoms with Crippen LogP contribution in [0.3, 0.4) is 0 Å². The van der Waals surface area contributed by atoms with Crippen molar-refractivity contribution in [2.75, 3.05) is 0 Å². The maximum Gasteiger partial charge on any atom is -1.00 e. The molecule has 0 saturated heterocycles. The van der Waals surface area contributed by atoms with Crippen LogP contribution in [0.15, 0.2) is 42.8 Å². The Morgan fingerprint density at radius 1 is 0.947 bits per heavy atom. The van der Waals surface area contributed by atoms with Crippen molar-refractivity contribution in [1.29, 1.82) is 0 Å². The van der Waals surface area contributed by atoms with Crippen LogP contribution in [0.5, 0.6) is 0 Å². The smallest absolute Gasteiger partial charge is 1.00 e. The van der Waals surface area contributed by atoms with Crippen molar-refractivity contribution in [2.45, 2.75) is 41.5 Å². The third kappa shape index (κ3) is 3.04. The van der Waals surface area contributed by atoms with Crippen molar-refractivity contribution in [2.24, 2.45) is 11.8 Å². The Hall–Kier alpha value is 0.423. The second-order valence-corrected chi connectivity index (χ2v) is 6.82. The molecule has 0 nitrogen and oxygen atoms in total. The van der Waals surface area contributed by atoms with E-state index in [1.165, 1.54) is 11.1 Å². The normalized spacial score (nSPS) is 26.6. The van der Waals surface area contributed by atoms with Crippen LogP contribution >= 0.6 is 0 Å².